The zero-order valence-electron chi connectivity index (χ0n) is 20.8. The summed E-state index contributed by atoms with van der Waals surface area (Å²) in [6.07, 6.45) is 1.66. The van der Waals surface area contributed by atoms with Gasteiger partial charge in [0.1, 0.15) is 18.2 Å². The van der Waals surface area contributed by atoms with Gasteiger partial charge in [0.05, 0.1) is 31.2 Å². The van der Waals surface area contributed by atoms with Crippen LogP contribution in [0.25, 0.3) is 0 Å². The lowest BCUT2D eigenvalue weighted by Gasteiger charge is -2.30. The summed E-state index contributed by atoms with van der Waals surface area (Å²) in [6, 6.07) is 14.6. The molecule has 3 aromatic rings. The van der Waals surface area contributed by atoms with Gasteiger partial charge >= 0.3 is 0 Å². The van der Waals surface area contributed by atoms with Crippen LogP contribution < -0.4 is 0 Å². The molecule has 1 fully saturated rings. The average molecular weight is 523 g/mol. The normalized spacial score (nSPS) is 17.9. The summed E-state index contributed by atoms with van der Waals surface area (Å²) in [5.74, 6) is -1.57. The number of carbonyl (C=O) groups is 2. The van der Waals surface area contributed by atoms with E-state index in [4.69, 9.17) is 9.15 Å². The van der Waals surface area contributed by atoms with Crippen LogP contribution in [0.1, 0.15) is 34.1 Å². The second-order valence-corrected chi connectivity index (χ2v) is 9.19. The second-order valence-electron chi connectivity index (χ2n) is 9.19. The lowest BCUT2D eigenvalue weighted by atomic mass is 9.98. The predicted molar refractivity (Wildman–Crippen MR) is 135 cm³/mol. The maximum atomic E-state index is 14.6. The Labute approximate surface area is 219 Å². The maximum Gasteiger partial charge on any atom is 0.290 e. The molecule has 0 aliphatic carbocycles. The molecule has 38 heavy (non-hydrogen) atoms. The summed E-state index contributed by atoms with van der Waals surface area (Å²) in [5, 5.41) is 5.79. The first kappa shape index (κ1) is 25.7. The van der Waals surface area contributed by atoms with Crippen molar-refractivity contribution in [2.24, 2.45) is 5.10 Å². The predicted octanol–water partition coefficient (Wildman–Crippen LogP) is 3.71. The van der Waals surface area contributed by atoms with Gasteiger partial charge in [-0.15, -0.1) is 0 Å². The fourth-order valence-corrected chi connectivity index (χ4v) is 4.67. The highest BCUT2D eigenvalue weighted by atomic mass is 19.1. The molecule has 5 rings (SSSR count). The van der Waals surface area contributed by atoms with Gasteiger partial charge in [0.25, 0.3) is 11.8 Å². The number of morpholine rings is 1. The largest absolute Gasteiger partial charge is 0.459 e. The fourth-order valence-electron chi connectivity index (χ4n) is 4.67. The van der Waals surface area contributed by atoms with Crippen molar-refractivity contribution >= 4 is 17.5 Å². The van der Waals surface area contributed by atoms with Crippen molar-refractivity contribution in [2.45, 2.75) is 12.5 Å². The Morgan fingerprint density at radius 3 is 2.47 bits per heavy atom. The number of ether oxygens (including phenoxy) is 1. The summed E-state index contributed by atoms with van der Waals surface area (Å²) in [7, 11) is 0. The van der Waals surface area contributed by atoms with Gasteiger partial charge in [-0.1, -0.05) is 30.3 Å². The van der Waals surface area contributed by atoms with Crippen LogP contribution in [-0.2, 0) is 9.53 Å². The lowest BCUT2D eigenvalue weighted by Crippen LogP contribution is -2.46. The standard InChI is InChI=1S/C28H28F2N4O4/c29-21-9-7-20(8-10-21)25-18-24(22-4-1-2-5-23(22)30)31-34(25)27(35)19-33(28(36)26-6-3-15-38-26)12-11-32-13-16-37-17-14-32/h1-10,15,25H,11-14,16-19H2. The number of hydrogen-bond donors (Lipinski definition) is 0. The van der Waals surface area contributed by atoms with Gasteiger partial charge in [-0.05, 0) is 35.9 Å². The van der Waals surface area contributed by atoms with Crippen molar-refractivity contribution in [3.8, 4) is 0 Å². The zero-order chi connectivity index (χ0) is 26.5. The van der Waals surface area contributed by atoms with Crippen molar-refractivity contribution in [1.82, 2.24) is 14.8 Å². The van der Waals surface area contributed by atoms with E-state index in [1.54, 1.807) is 42.5 Å². The molecule has 10 heteroatoms. The van der Waals surface area contributed by atoms with Crippen molar-refractivity contribution in [3.63, 3.8) is 0 Å². The minimum atomic E-state index is -0.572. The number of halogens is 2. The van der Waals surface area contributed by atoms with Gasteiger partial charge in [0.15, 0.2) is 5.76 Å². The number of nitrogens with zero attached hydrogens (tertiary/aromatic N) is 4. The highest BCUT2D eigenvalue weighted by Gasteiger charge is 2.35. The molecule has 8 nitrogen and oxygen atoms in total. The molecule has 2 aliphatic heterocycles. The molecular weight excluding hydrogens is 494 g/mol. The molecule has 2 aromatic carbocycles. The van der Waals surface area contributed by atoms with Crippen LogP contribution in [0.15, 0.2) is 76.4 Å². The van der Waals surface area contributed by atoms with Crippen LogP contribution in [0.4, 0.5) is 8.78 Å². The summed E-state index contributed by atoms with van der Waals surface area (Å²) in [4.78, 5) is 30.5. The van der Waals surface area contributed by atoms with E-state index in [2.05, 4.69) is 10.0 Å². The molecule has 198 valence electrons. The van der Waals surface area contributed by atoms with Crippen molar-refractivity contribution in [1.29, 1.82) is 0 Å². The van der Waals surface area contributed by atoms with Crippen LogP contribution in [-0.4, -0.2) is 78.3 Å². The highest BCUT2D eigenvalue weighted by molar-refractivity contribution is 6.03. The molecule has 1 aromatic heterocycles. The third-order valence-electron chi connectivity index (χ3n) is 6.74. The lowest BCUT2D eigenvalue weighted by molar-refractivity contribution is -0.133. The number of rotatable bonds is 8. The molecule has 0 saturated carbocycles. The number of benzene rings is 2. The first-order valence-corrected chi connectivity index (χ1v) is 12.5. The Morgan fingerprint density at radius 1 is 1.00 bits per heavy atom. The average Bonchev–Trinajstić information content (AvgIpc) is 3.63. The molecule has 3 heterocycles. The van der Waals surface area contributed by atoms with E-state index in [1.165, 1.54) is 34.4 Å². The Kier molecular flexibility index (Phi) is 7.90. The Hall–Kier alpha value is -3.89. The van der Waals surface area contributed by atoms with Crippen LogP contribution >= 0.6 is 0 Å². The number of hydrogen-bond acceptors (Lipinski definition) is 6. The maximum absolute atomic E-state index is 14.6. The van der Waals surface area contributed by atoms with Crippen LogP contribution in [0.2, 0.25) is 0 Å². The quantitative estimate of drug-likeness (QED) is 0.451. The minimum Gasteiger partial charge on any atom is -0.459 e. The summed E-state index contributed by atoms with van der Waals surface area (Å²) >= 11 is 0. The molecular formula is C28H28F2N4O4. The van der Waals surface area contributed by atoms with E-state index in [-0.39, 0.29) is 18.7 Å². The second kappa shape index (κ2) is 11.7. The van der Waals surface area contributed by atoms with Crippen molar-refractivity contribution in [3.05, 3.63) is 95.4 Å². The Bertz CT molecular complexity index is 1290. The molecule has 2 amide bonds. The summed E-state index contributed by atoms with van der Waals surface area (Å²) < 4.78 is 38.9. The van der Waals surface area contributed by atoms with Gasteiger partial charge in [0.2, 0.25) is 0 Å². The first-order chi connectivity index (χ1) is 18.5. The van der Waals surface area contributed by atoms with Crippen LogP contribution in [0, 0.1) is 11.6 Å². The Morgan fingerprint density at radius 2 is 1.76 bits per heavy atom. The summed E-state index contributed by atoms with van der Waals surface area (Å²) in [6.45, 7) is 3.32. The van der Waals surface area contributed by atoms with E-state index in [1.807, 2.05) is 0 Å². The molecule has 0 bridgehead atoms. The fraction of sp³-hybridized carbons (Fsp3) is 0.321. The minimum absolute atomic E-state index is 0.131. The number of furan rings is 1. The third kappa shape index (κ3) is 5.81. The molecule has 1 atom stereocenters. The summed E-state index contributed by atoms with van der Waals surface area (Å²) in [5.41, 5.74) is 1.36. The van der Waals surface area contributed by atoms with Crippen molar-refractivity contribution < 1.29 is 27.5 Å². The molecule has 0 spiro atoms. The smallest absolute Gasteiger partial charge is 0.290 e. The van der Waals surface area contributed by atoms with E-state index in [0.717, 1.165) is 13.1 Å². The molecule has 1 unspecified atom stereocenters. The van der Waals surface area contributed by atoms with Gasteiger partial charge in [-0.2, -0.15) is 5.10 Å². The third-order valence-corrected chi connectivity index (χ3v) is 6.74. The van der Waals surface area contributed by atoms with E-state index in [0.29, 0.717) is 43.1 Å². The van der Waals surface area contributed by atoms with Gasteiger partial charge in [-0.25, -0.2) is 13.8 Å². The molecule has 0 radical (unpaired) electrons. The van der Waals surface area contributed by atoms with Gasteiger partial charge in [0, 0.05) is 38.2 Å². The first-order valence-electron chi connectivity index (χ1n) is 12.5. The van der Waals surface area contributed by atoms with Crippen LogP contribution in [0.3, 0.4) is 0 Å². The molecule has 0 N–H and O–H groups in total. The number of hydrazone groups is 1. The topological polar surface area (TPSA) is 78.6 Å². The Balaban J connectivity index is 1.40. The van der Waals surface area contributed by atoms with Gasteiger partial charge in [-0.3, -0.25) is 14.5 Å². The molecule has 1 saturated heterocycles. The van der Waals surface area contributed by atoms with Crippen molar-refractivity contribution in [2.75, 3.05) is 45.9 Å². The number of carbonyl (C=O) groups excluding carboxylic acids is 2. The van der Waals surface area contributed by atoms with E-state index in [9.17, 15) is 18.4 Å². The number of amides is 2. The van der Waals surface area contributed by atoms with E-state index < -0.39 is 29.5 Å². The molecule has 2 aliphatic rings. The van der Waals surface area contributed by atoms with E-state index >= 15 is 0 Å². The van der Waals surface area contributed by atoms with Gasteiger partial charge < -0.3 is 14.1 Å². The monoisotopic (exact) mass is 522 g/mol. The van der Waals surface area contributed by atoms with Crippen LogP contribution in [0.5, 0.6) is 0 Å². The SMILES string of the molecule is O=C(c1ccco1)N(CCN1CCOCC1)CC(=O)N1N=C(c2ccccc2F)CC1c1ccc(F)cc1. The highest BCUT2D eigenvalue weighted by Crippen LogP contribution is 2.33. The zero-order valence-corrected chi connectivity index (χ0v) is 20.8.